The van der Waals surface area contributed by atoms with Gasteiger partial charge in [-0.2, -0.15) is 0 Å². The number of carbonyl (C=O) groups is 1. The number of piperidine rings is 1. The lowest BCUT2D eigenvalue weighted by molar-refractivity contribution is -0.135. The highest BCUT2D eigenvalue weighted by molar-refractivity contribution is 14.0. The monoisotopic (exact) mass is 491 g/mol. The van der Waals surface area contributed by atoms with Crippen molar-refractivity contribution >= 4 is 35.8 Å². The Labute approximate surface area is 181 Å². The predicted octanol–water partition coefficient (Wildman–Crippen LogP) is 2.44. The summed E-state index contributed by atoms with van der Waals surface area (Å²) >= 11 is 0. The van der Waals surface area contributed by atoms with Crippen molar-refractivity contribution < 1.29 is 4.79 Å². The highest BCUT2D eigenvalue weighted by Crippen LogP contribution is 2.26. The van der Waals surface area contributed by atoms with Crippen LogP contribution in [0.4, 0.5) is 0 Å². The molecule has 0 aromatic carbocycles. The lowest BCUT2D eigenvalue weighted by Gasteiger charge is -2.27. The largest absolute Gasteiger partial charge is 0.355 e. The SMILES string of the molecule is CN=C(NCCN1CCCCC1)NC1CCN(C(=O)C2CCCCC2)C1.I. The summed E-state index contributed by atoms with van der Waals surface area (Å²) < 4.78 is 0. The maximum absolute atomic E-state index is 12.7. The number of nitrogens with one attached hydrogen (secondary N) is 2. The molecule has 1 amide bonds. The third-order valence-corrected chi connectivity index (χ3v) is 6.19. The molecule has 0 aromatic heterocycles. The zero-order valence-electron chi connectivity index (χ0n) is 16.9. The number of carbonyl (C=O) groups excluding carboxylic acids is 1. The van der Waals surface area contributed by atoms with Crippen LogP contribution >= 0.6 is 24.0 Å². The lowest BCUT2D eigenvalue weighted by Crippen LogP contribution is -2.47. The zero-order chi connectivity index (χ0) is 18.2. The van der Waals surface area contributed by atoms with Crippen LogP contribution in [0.1, 0.15) is 57.8 Å². The number of hydrogen-bond donors (Lipinski definition) is 2. The molecule has 1 atom stereocenters. The normalized spacial score (nSPS) is 25.1. The van der Waals surface area contributed by atoms with E-state index in [1.165, 1.54) is 51.6 Å². The summed E-state index contributed by atoms with van der Waals surface area (Å²) in [7, 11) is 1.83. The Bertz CT molecular complexity index is 475. The first-order valence-corrected chi connectivity index (χ1v) is 10.7. The Hall–Kier alpha value is -0.570. The van der Waals surface area contributed by atoms with E-state index in [1.807, 2.05) is 7.05 Å². The molecule has 1 saturated carbocycles. The molecule has 0 radical (unpaired) electrons. The highest BCUT2D eigenvalue weighted by Gasteiger charge is 2.31. The number of guanidine groups is 1. The molecule has 1 aliphatic carbocycles. The molecule has 2 aliphatic heterocycles. The molecule has 27 heavy (non-hydrogen) atoms. The maximum atomic E-state index is 12.7. The van der Waals surface area contributed by atoms with Crippen molar-refractivity contribution in [2.75, 3.05) is 46.3 Å². The molecule has 3 rings (SSSR count). The van der Waals surface area contributed by atoms with Crippen LogP contribution in [0.2, 0.25) is 0 Å². The van der Waals surface area contributed by atoms with Gasteiger partial charge in [-0.3, -0.25) is 9.79 Å². The van der Waals surface area contributed by atoms with Crippen molar-refractivity contribution in [2.45, 2.75) is 63.8 Å². The van der Waals surface area contributed by atoms with Crippen LogP contribution in [0.5, 0.6) is 0 Å². The van der Waals surface area contributed by atoms with Gasteiger partial charge in [0.15, 0.2) is 5.96 Å². The van der Waals surface area contributed by atoms with Crippen LogP contribution in [-0.2, 0) is 4.79 Å². The van der Waals surface area contributed by atoms with E-state index in [4.69, 9.17) is 0 Å². The molecule has 6 nitrogen and oxygen atoms in total. The molecule has 1 unspecified atom stereocenters. The maximum Gasteiger partial charge on any atom is 0.225 e. The van der Waals surface area contributed by atoms with Crippen LogP contribution in [0, 0.1) is 5.92 Å². The van der Waals surface area contributed by atoms with Gasteiger partial charge >= 0.3 is 0 Å². The highest BCUT2D eigenvalue weighted by atomic mass is 127. The van der Waals surface area contributed by atoms with Crippen molar-refractivity contribution in [1.82, 2.24) is 20.4 Å². The minimum absolute atomic E-state index is 0. The summed E-state index contributed by atoms with van der Waals surface area (Å²) in [6.07, 6.45) is 11.0. The number of halogens is 1. The molecule has 7 heteroatoms. The van der Waals surface area contributed by atoms with Gasteiger partial charge in [-0.25, -0.2) is 0 Å². The van der Waals surface area contributed by atoms with Gasteiger partial charge in [0.05, 0.1) is 0 Å². The average molecular weight is 491 g/mol. The van der Waals surface area contributed by atoms with E-state index in [9.17, 15) is 4.79 Å². The van der Waals surface area contributed by atoms with Gasteiger partial charge in [0, 0.05) is 45.2 Å². The molecular formula is C20H38IN5O. The molecule has 2 saturated heterocycles. The fourth-order valence-corrected chi connectivity index (χ4v) is 4.59. The third-order valence-electron chi connectivity index (χ3n) is 6.19. The van der Waals surface area contributed by atoms with Crippen LogP contribution in [0.25, 0.3) is 0 Å². The van der Waals surface area contributed by atoms with Crippen molar-refractivity contribution in [2.24, 2.45) is 10.9 Å². The number of aliphatic imine (C=N–C) groups is 1. The lowest BCUT2D eigenvalue weighted by atomic mass is 9.88. The second-order valence-electron chi connectivity index (χ2n) is 8.15. The van der Waals surface area contributed by atoms with Crippen molar-refractivity contribution in [3.05, 3.63) is 0 Å². The smallest absolute Gasteiger partial charge is 0.225 e. The Balaban J connectivity index is 0.00000261. The van der Waals surface area contributed by atoms with E-state index < -0.39 is 0 Å². The second kappa shape index (κ2) is 12.1. The molecule has 0 spiro atoms. The van der Waals surface area contributed by atoms with Crippen molar-refractivity contribution in [1.29, 1.82) is 0 Å². The molecule has 0 aromatic rings. The summed E-state index contributed by atoms with van der Waals surface area (Å²) in [6.45, 7) is 6.18. The first-order chi connectivity index (χ1) is 12.8. The van der Waals surface area contributed by atoms with E-state index in [1.54, 1.807) is 0 Å². The van der Waals surface area contributed by atoms with Crippen molar-refractivity contribution in [3.8, 4) is 0 Å². The molecule has 0 bridgehead atoms. The topological polar surface area (TPSA) is 60.0 Å². The van der Waals surface area contributed by atoms with Gasteiger partial charge in [0.25, 0.3) is 0 Å². The van der Waals surface area contributed by atoms with Crippen LogP contribution in [-0.4, -0.2) is 74.0 Å². The first kappa shape index (κ1) is 22.7. The first-order valence-electron chi connectivity index (χ1n) is 10.7. The Morgan fingerprint density at radius 3 is 2.41 bits per heavy atom. The average Bonchev–Trinajstić information content (AvgIpc) is 3.16. The molecule has 2 N–H and O–H groups in total. The van der Waals surface area contributed by atoms with Gasteiger partial charge in [0.1, 0.15) is 0 Å². The molecule has 156 valence electrons. The van der Waals surface area contributed by atoms with Crippen LogP contribution in [0.3, 0.4) is 0 Å². The number of amides is 1. The minimum Gasteiger partial charge on any atom is -0.355 e. The Kier molecular flexibility index (Phi) is 10.2. The van der Waals surface area contributed by atoms with E-state index in [-0.39, 0.29) is 29.9 Å². The standard InChI is InChI=1S/C20H37N5O.HI/c1-21-20(22-11-15-24-12-6-3-7-13-24)23-18-10-14-25(16-18)19(26)17-8-4-2-5-9-17;/h17-18H,2-16H2,1H3,(H2,21,22,23);1H. The quantitative estimate of drug-likeness (QED) is 0.353. The predicted molar refractivity (Wildman–Crippen MR) is 122 cm³/mol. The number of hydrogen-bond acceptors (Lipinski definition) is 3. The summed E-state index contributed by atoms with van der Waals surface area (Å²) in [5.74, 6) is 1.55. The number of nitrogens with zero attached hydrogens (tertiary/aromatic N) is 3. The fourth-order valence-electron chi connectivity index (χ4n) is 4.59. The number of rotatable bonds is 5. The summed E-state index contributed by atoms with van der Waals surface area (Å²) in [4.78, 5) is 21.7. The molecular weight excluding hydrogens is 453 g/mol. The van der Waals surface area contributed by atoms with Crippen LogP contribution in [0.15, 0.2) is 4.99 Å². The minimum atomic E-state index is 0. The fraction of sp³-hybridized carbons (Fsp3) is 0.900. The molecule has 3 aliphatic rings. The van der Waals surface area contributed by atoms with Gasteiger partial charge in [-0.05, 0) is 45.2 Å². The molecule has 3 fully saturated rings. The van der Waals surface area contributed by atoms with E-state index in [0.29, 0.717) is 11.9 Å². The summed E-state index contributed by atoms with van der Waals surface area (Å²) in [5.41, 5.74) is 0. The molecule has 2 heterocycles. The van der Waals surface area contributed by atoms with E-state index in [0.717, 1.165) is 51.4 Å². The summed E-state index contributed by atoms with van der Waals surface area (Å²) in [5, 5.41) is 6.96. The Morgan fingerprint density at radius 2 is 1.70 bits per heavy atom. The zero-order valence-corrected chi connectivity index (χ0v) is 19.2. The Morgan fingerprint density at radius 1 is 1.00 bits per heavy atom. The summed E-state index contributed by atoms with van der Waals surface area (Å²) in [6, 6.07) is 0.323. The number of likely N-dealkylation sites (tertiary alicyclic amines) is 2. The third kappa shape index (κ3) is 7.07. The van der Waals surface area contributed by atoms with Gasteiger partial charge in [0.2, 0.25) is 5.91 Å². The van der Waals surface area contributed by atoms with Crippen molar-refractivity contribution in [3.63, 3.8) is 0 Å². The van der Waals surface area contributed by atoms with E-state index >= 15 is 0 Å². The van der Waals surface area contributed by atoms with E-state index in [2.05, 4.69) is 25.4 Å². The van der Waals surface area contributed by atoms with Gasteiger partial charge < -0.3 is 20.4 Å². The van der Waals surface area contributed by atoms with Gasteiger partial charge in [-0.15, -0.1) is 24.0 Å². The van der Waals surface area contributed by atoms with Gasteiger partial charge in [-0.1, -0.05) is 25.7 Å². The van der Waals surface area contributed by atoms with Crippen LogP contribution < -0.4 is 10.6 Å². The second-order valence-corrected chi connectivity index (χ2v) is 8.15.